The Labute approximate surface area is 189 Å². The van der Waals surface area contributed by atoms with Crippen LogP contribution in [0.15, 0.2) is 18.2 Å². The van der Waals surface area contributed by atoms with Crippen molar-refractivity contribution < 1.29 is 9.59 Å². The highest BCUT2D eigenvalue weighted by Gasteiger charge is 2.29. The SMILES string of the molecule is Cc1cc(C)cc(C(=O)N2CCCC(C(=O)NCCCc3nc4c(s3)CCCC4)C2)c1. The zero-order valence-corrected chi connectivity index (χ0v) is 19.5. The van der Waals surface area contributed by atoms with Gasteiger partial charge in [-0.25, -0.2) is 4.98 Å². The van der Waals surface area contributed by atoms with E-state index in [0.29, 0.717) is 13.1 Å². The second-order valence-corrected chi connectivity index (χ2v) is 10.2. The van der Waals surface area contributed by atoms with Crippen LogP contribution in [-0.2, 0) is 24.1 Å². The number of piperidine rings is 1. The minimum absolute atomic E-state index is 0.0389. The van der Waals surface area contributed by atoms with Gasteiger partial charge >= 0.3 is 0 Å². The molecule has 1 atom stereocenters. The van der Waals surface area contributed by atoms with Crippen LogP contribution in [0.25, 0.3) is 0 Å². The topological polar surface area (TPSA) is 62.3 Å². The van der Waals surface area contributed by atoms with Crippen LogP contribution in [-0.4, -0.2) is 41.3 Å². The summed E-state index contributed by atoms with van der Waals surface area (Å²) in [7, 11) is 0. The van der Waals surface area contributed by atoms with E-state index in [1.54, 1.807) is 0 Å². The average molecular weight is 440 g/mol. The average Bonchev–Trinajstić information content (AvgIpc) is 3.18. The first-order valence-electron chi connectivity index (χ1n) is 11.6. The summed E-state index contributed by atoms with van der Waals surface area (Å²) < 4.78 is 0. The van der Waals surface area contributed by atoms with Gasteiger partial charge in [0.2, 0.25) is 5.91 Å². The summed E-state index contributed by atoms with van der Waals surface area (Å²) in [5, 5.41) is 4.31. The van der Waals surface area contributed by atoms with E-state index >= 15 is 0 Å². The van der Waals surface area contributed by atoms with Crippen molar-refractivity contribution in [1.29, 1.82) is 0 Å². The predicted octanol–water partition coefficient (Wildman–Crippen LogP) is 4.24. The maximum absolute atomic E-state index is 13.0. The van der Waals surface area contributed by atoms with E-state index in [2.05, 4.69) is 11.4 Å². The van der Waals surface area contributed by atoms with Crippen molar-refractivity contribution in [2.75, 3.05) is 19.6 Å². The van der Waals surface area contributed by atoms with Crippen LogP contribution < -0.4 is 5.32 Å². The number of thiazole rings is 1. The fourth-order valence-corrected chi connectivity index (χ4v) is 5.96. The van der Waals surface area contributed by atoms with Gasteiger partial charge in [0, 0.05) is 36.5 Å². The van der Waals surface area contributed by atoms with E-state index in [-0.39, 0.29) is 17.7 Å². The van der Waals surface area contributed by atoms with Gasteiger partial charge in [-0.05, 0) is 70.9 Å². The molecule has 0 saturated carbocycles. The molecule has 0 bridgehead atoms. The van der Waals surface area contributed by atoms with Gasteiger partial charge in [-0.2, -0.15) is 0 Å². The van der Waals surface area contributed by atoms with Crippen molar-refractivity contribution in [2.45, 2.75) is 65.2 Å². The van der Waals surface area contributed by atoms with Crippen LogP contribution in [0, 0.1) is 19.8 Å². The van der Waals surface area contributed by atoms with Crippen molar-refractivity contribution in [3.63, 3.8) is 0 Å². The van der Waals surface area contributed by atoms with Crippen LogP contribution in [0.1, 0.15) is 69.2 Å². The van der Waals surface area contributed by atoms with Gasteiger partial charge in [0.15, 0.2) is 0 Å². The second kappa shape index (κ2) is 9.94. The molecule has 166 valence electrons. The Balaban J connectivity index is 1.24. The number of carbonyl (C=O) groups is 2. The van der Waals surface area contributed by atoms with Crippen molar-refractivity contribution in [1.82, 2.24) is 15.2 Å². The van der Waals surface area contributed by atoms with E-state index in [9.17, 15) is 9.59 Å². The zero-order valence-electron chi connectivity index (χ0n) is 18.7. The normalized spacial score (nSPS) is 18.5. The fourth-order valence-electron chi connectivity index (χ4n) is 4.76. The van der Waals surface area contributed by atoms with Crippen LogP contribution >= 0.6 is 11.3 Å². The van der Waals surface area contributed by atoms with Crippen molar-refractivity contribution in [3.05, 3.63) is 50.5 Å². The van der Waals surface area contributed by atoms with Gasteiger partial charge in [-0.1, -0.05) is 17.2 Å². The number of nitrogens with zero attached hydrogens (tertiary/aromatic N) is 2. The molecule has 1 aromatic heterocycles. The highest BCUT2D eigenvalue weighted by Crippen LogP contribution is 2.27. The fraction of sp³-hybridized carbons (Fsp3) is 0.560. The van der Waals surface area contributed by atoms with Crippen molar-refractivity contribution in [3.8, 4) is 0 Å². The minimum Gasteiger partial charge on any atom is -0.356 e. The molecule has 0 spiro atoms. The zero-order chi connectivity index (χ0) is 21.8. The molecule has 5 nitrogen and oxygen atoms in total. The summed E-state index contributed by atoms with van der Waals surface area (Å²) in [6.45, 7) is 5.93. The number of hydrogen-bond donors (Lipinski definition) is 1. The van der Waals surface area contributed by atoms with Crippen LogP contribution in [0.2, 0.25) is 0 Å². The molecule has 1 saturated heterocycles. The Kier molecular flexibility index (Phi) is 7.06. The third-order valence-electron chi connectivity index (χ3n) is 6.30. The number of fused-ring (bicyclic) bond motifs is 1. The number of benzene rings is 1. The first kappa shape index (κ1) is 22.0. The summed E-state index contributed by atoms with van der Waals surface area (Å²) in [6.07, 6.45) is 8.42. The maximum Gasteiger partial charge on any atom is 0.253 e. The second-order valence-electron chi connectivity index (χ2n) is 9.05. The minimum atomic E-state index is -0.115. The molecule has 1 fully saturated rings. The molecule has 4 rings (SSSR count). The molecule has 1 aliphatic carbocycles. The number of rotatable bonds is 6. The van der Waals surface area contributed by atoms with E-state index in [1.165, 1.54) is 34.8 Å². The molecule has 0 radical (unpaired) electrons. The Bertz CT molecular complexity index is 908. The molecule has 6 heteroatoms. The lowest BCUT2D eigenvalue weighted by molar-refractivity contribution is -0.126. The Morgan fingerprint density at radius 3 is 2.68 bits per heavy atom. The molecule has 31 heavy (non-hydrogen) atoms. The molecule has 1 aromatic carbocycles. The van der Waals surface area contributed by atoms with Gasteiger partial charge in [0.1, 0.15) is 0 Å². The third-order valence-corrected chi connectivity index (χ3v) is 7.52. The van der Waals surface area contributed by atoms with Gasteiger partial charge in [0.05, 0.1) is 16.6 Å². The summed E-state index contributed by atoms with van der Waals surface area (Å²) in [6, 6.07) is 5.95. The standard InChI is InChI=1S/C25H33N3O2S/c1-17-13-18(2)15-20(14-17)25(30)28-12-6-7-19(16-28)24(29)26-11-5-10-23-27-21-8-3-4-9-22(21)31-23/h13-15,19H,3-12,16H2,1-2H3,(H,26,29). The molecule has 2 aromatic rings. The molecular weight excluding hydrogens is 406 g/mol. The Morgan fingerprint density at radius 2 is 1.90 bits per heavy atom. The largest absolute Gasteiger partial charge is 0.356 e. The first-order valence-corrected chi connectivity index (χ1v) is 12.4. The van der Waals surface area contributed by atoms with Gasteiger partial charge < -0.3 is 10.2 Å². The molecule has 1 unspecified atom stereocenters. The van der Waals surface area contributed by atoms with E-state index in [0.717, 1.165) is 55.3 Å². The highest BCUT2D eigenvalue weighted by molar-refractivity contribution is 7.11. The van der Waals surface area contributed by atoms with Gasteiger partial charge in [-0.3, -0.25) is 9.59 Å². The molecule has 1 N–H and O–H groups in total. The number of aromatic nitrogens is 1. The maximum atomic E-state index is 13.0. The molecule has 2 aliphatic rings. The van der Waals surface area contributed by atoms with Gasteiger partial charge in [-0.15, -0.1) is 11.3 Å². The molecule has 2 amide bonds. The number of aryl methyl sites for hydroxylation is 5. The highest BCUT2D eigenvalue weighted by atomic mass is 32.1. The van der Waals surface area contributed by atoms with Gasteiger partial charge in [0.25, 0.3) is 5.91 Å². The Hall–Kier alpha value is -2.21. The van der Waals surface area contributed by atoms with E-state index < -0.39 is 0 Å². The number of carbonyl (C=O) groups excluding carboxylic acids is 2. The van der Waals surface area contributed by atoms with Crippen LogP contribution in [0.4, 0.5) is 0 Å². The first-order chi connectivity index (χ1) is 15.0. The summed E-state index contributed by atoms with van der Waals surface area (Å²) in [5.41, 5.74) is 4.22. The van der Waals surface area contributed by atoms with Crippen molar-refractivity contribution >= 4 is 23.2 Å². The molecule has 2 heterocycles. The lowest BCUT2D eigenvalue weighted by atomic mass is 9.96. The quantitative estimate of drug-likeness (QED) is 0.685. The predicted molar refractivity (Wildman–Crippen MR) is 125 cm³/mol. The monoisotopic (exact) mass is 439 g/mol. The number of amides is 2. The number of hydrogen-bond acceptors (Lipinski definition) is 4. The van der Waals surface area contributed by atoms with E-state index in [4.69, 9.17) is 4.98 Å². The molecular formula is C25H33N3O2S. The summed E-state index contributed by atoms with van der Waals surface area (Å²) in [4.78, 5) is 33.8. The summed E-state index contributed by atoms with van der Waals surface area (Å²) >= 11 is 1.86. The smallest absolute Gasteiger partial charge is 0.253 e. The van der Waals surface area contributed by atoms with Crippen LogP contribution in [0.5, 0.6) is 0 Å². The lowest BCUT2D eigenvalue weighted by Crippen LogP contribution is -2.45. The lowest BCUT2D eigenvalue weighted by Gasteiger charge is -2.32. The summed E-state index contributed by atoms with van der Waals surface area (Å²) in [5.74, 6) is 0.00387. The Morgan fingerprint density at radius 1 is 1.13 bits per heavy atom. The van der Waals surface area contributed by atoms with Crippen LogP contribution in [0.3, 0.4) is 0 Å². The third kappa shape index (κ3) is 5.53. The molecule has 1 aliphatic heterocycles. The van der Waals surface area contributed by atoms with E-state index in [1.807, 2.05) is 42.2 Å². The number of likely N-dealkylation sites (tertiary alicyclic amines) is 1. The number of nitrogens with one attached hydrogen (secondary N) is 1. The van der Waals surface area contributed by atoms with Crippen molar-refractivity contribution in [2.24, 2.45) is 5.92 Å².